The number of thiol groups is 1. The van der Waals surface area contributed by atoms with Crippen LogP contribution in [0.3, 0.4) is 0 Å². The highest BCUT2D eigenvalue weighted by Crippen LogP contribution is 2.29. The number of thiophene rings is 1. The average Bonchev–Trinajstić information content (AvgIpc) is 2.94. The van der Waals surface area contributed by atoms with Gasteiger partial charge in [-0.15, -0.1) is 11.3 Å². The molecule has 2 heterocycles. The highest BCUT2D eigenvalue weighted by atomic mass is 32.1. The van der Waals surface area contributed by atoms with Gasteiger partial charge in [0.2, 0.25) is 5.91 Å². The molecule has 0 N–H and O–H groups in total. The summed E-state index contributed by atoms with van der Waals surface area (Å²) in [5, 5.41) is 1.81. The van der Waals surface area contributed by atoms with Gasteiger partial charge in [0.25, 0.3) is 0 Å². The molecule has 6 heteroatoms. The van der Waals surface area contributed by atoms with Crippen molar-refractivity contribution in [3.63, 3.8) is 0 Å². The van der Waals surface area contributed by atoms with E-state index in [0.717, 1.165) is 5.69 Å². The van der Waals surface area contributed by atoms with E-state index < -0.39 is 0 Å². The molecule has 0 spiro atoms. The number of carbonyl (C=O) groups excluding carboxylic acids is 2. The molecule has 1 aromatic rings. The van der Waals surface area contributed by atoms with Gasteiger partial charge < -0.3 is 9.64 Å². The first-order valence-electron chi connectivity index (χ1n) is 5.23. The number of esters is 1. The van der Waals surface area contributed by atoms with Crippen molar-refractivity contribution < 1.29 is 14.3 Å². The van der Waals surface area contributed by atoms with Gasteiger partial charge >= 0.3 is 5.97 Å². The zero-order valence-electron chi connectivity index (χ0n) is 9.38. The van der Waals surface area contributed by atoms with E-state index in [-0.39, 0.29) is 11.9 Å². The van der Waals surface area contributed by atoms with E-state index in [0.29, 0.717) is 29.5 Å². The van der Waals surface area contributed by atoms with Gasteiger partial charge in [0, 0.05) is 18.3 Å². The summed E-state index contributed by atoms with van der Waals surface area (Å²) in [5.41, 5.74) is 0.782. The molecule has 0 saturated carbocycles. The Morgan fingerprint density at radius 3 is 3.06 bits per heavy atom. The monoisotopic (exact) mass is 271 g/mol. The number of carbonyl (C=O) groups is 2. The van der Waals surface area contributed by atoms with E-state index >= 15 is 0 Å². The minimum Gasteiger partial charge on any atom is -0.465 e. The van der Waals surface area contributed by atoms with E-state index in [1.165, 1.54) is 18.4 Å². The lowest BCUT2D eigenvalue weighted by atomic mass is 10.1. The van der Waals surface area contributed by atoms with Crippen LogP contribution in [0.25, 0.3) is 0 Å². The number of rotatable bonds is 3. The Labute approximate surface area is 109 Å². The molecule has 0 aromatic carbocycles. The zero-order chi connectivity index (χ0) is 12.4. The van der Waals surface area contributed by atoms with Crippen molar-refractivity contribution in [3.8, 4) is 0 Å². The Bertz CT molecular complexity index is 444. The third-order valence-electron chi connectivity index (χ3n) is 2.75. The fourth-order valence-corrected chi connectivity index (χ4v) is 2.88. The Balaban J connectivity index is 2.15. The first-order chi connectivity index (χ1) is 8.15. The van der Waals surface area contributed by atoms with Crippen LogP contribution in [0.4, 0.5) is 5.69 Å². The highest BCUT2D eigenvalue weighted by molar-refractivity contribution is 7.80. The van der Waals surface area contributed by atoms with Crippen molar-refractivity contribution in [2.75, 3.05) is 24.3 Å². The molecule has 17 heavy (non-hydrogen) atoms. The molecule has 1 amide bonds. The van der Waals surface area contributed by atoms with Gasteiger partial charge in [-0.1, -0.05) is 0 Å². The lowest BCUT2D eigenvalue weighted by molar-refractivity contribution is -0.117. The average molecular weight is 271 g/mol. The molecule has 0 bridgehead atoms. The molecule has 0 radical (unpaired) electrons. The van der Waals surface area contributed by atoms with E-state index in [1.807, 2.05) is 5.38 Å². The van der Waals surface area contributed by atoms with E-state index in [1.54, 1.807) is 11.0 Å². The van der Waals surface area contributed by atoms with Crippen LogP contribution in [-0.4, -0.2) is 31.3 Å². The number of methoxy groups -OCH3 is 1. The number of anilines is 1. The Kier molecular flexibility index (Phi) is 3.73. The number of hydrogen-bond donors (Lipinski definition) is 1. The summed E-state index contributed by atoms with van der Waals surface area (Å²) in [6.45, 7) is 0.680. The summed E-state index contributed by atoms with van der Waals surface area (Å²) in [6, 6.07) is 1.70. The molecule has 1 saturated heterocycles. The highest BCUT2D eigenvalue weighted by Gasteiger charge is 2.30. The standard InChI is InChI=1S/C11H13NO3S2/c1-15-11(14)9-3-8(6-17-9)12-4-7(5-16)2-10(12)13/h3,6-7,16H,2,4-5H2,1H3. The number of hydrogen-bond acceptors (Lipinski definition) is 5. The van der Waals surface area contributed by atoms with Crippen molar-refractivity contribution >= 4 is 41.5 Å². The molecular weight excluding hydrogens is 258 g/mol. The van der Waals surface area contributed by atoms with Crippen LogP contribution in [0, 0.1) is 5.92 Å². The van der Waals surface area contributed by atoms with Gasteiger partial charge in [-0.05, 0) is 17.7 Å². The lowest BCUT2D eigenvalue weighted by Crippen LogP contribution is -2.24. The molecule has 4 nitrogen and oxygen atoms in total. The summed E-state index contributed by atoms with van der Waals surface area (Å²) < 4.78 is 4.64. The van der Waals surface area contributed by atoms with Crippen LogP contribution in [0.5, 0.6) is 0 Å². The fourth-order valence-electron chi connectivity index (χ4n) is 1.83. The van der Waals surface area contributed by atoms with E-state index in [9.17, 15) is 9.59 Å². The second-order valence-corrected chi connectivity index (χ2v) is 5.19. The Morgan fingerprint density at radius 2 is 2.47 bits per heavy atom. The third-order valence-corrected chi connectivity index (χ3v) is 4.16. The molecule has 0 aliphatic carbocycles. The van der Waals surface area contributed by atoms with Gasteiger partial charge in [0.15, 0.2) is 0 Å². The fraction of sp³-hybridized carbons (Fsp3) is 0.455. The number of nitrogens with zero attached hydrogens (tertiary/aromatic N) is 1. The van der Waals surface area contributed by atoms with Crippen molar-refractivity contribution in [1.82, 2.24) is 0 Å². The molecule has 1 fully saturated rings. The molecule has 1 atom stereocenters. The normalized spacial score (nSPS) is 19.8. The lowest BCUT2D eigenvalue weighted by Gasteiger charge is -2.13. The topological polar surface area (TPSA) is 46.6 Å². The smallest absolute Gasteiger partial charge is 0.348 e. The molecule has 2 rings (SSSR count). The largest absolute Gasteiger partial charge is 0.465 e. The Morgan fingerprint density at radius 1 is 1.71 bits per heavy atom. The van der Waals surface area contributed by atoms with Crippen LogP contribution < -0.4 is 4.90 Å². The molecule has 1 aliphatic rings. The van der Waals surface area contributed by atoms with Crippen LogP contribution in [0.1, 0.15) is 16.1 Å². The quantitative estimate of drug-likeness (QED) is 0.674. The maximum Gasteiger partial charge on any atom is 0.348 e. The van der Waals surface area contributed by atoms with Gasteiger partial charge in [-0.25, -0.2) is 4.79 Å². The minimum atomic E-state index is -0.362. The number of ether oxygens (including phenoxy) is 1. The first kappa shape index (κ1) is 12.4. The summed E-state index contributed by atoms with van der Waals surface area (Å²) in [4.78, 5) is 25.3. The van der Waals surface area contributed by atoms with E-state index in [4.69, 9.17) is 0 Å². The second-order valence-electron chi connectivity index (χ2n) is 3.92. The Hall–Kier alpha value is -1.01. The molecule has 1 aliphatic heterocycles. The van der Waals surface area contributed by atoms with Crippen molar-refractivity contribution in [3.05, 3.63) is 16.3 Å². The molecule has 1 unspecified atom stereocenters. The summed E-state index contributed by atoms with van der Waals surface area (Å²) in [7, 11) is 1.35. The van der Waals surface area contributed by atoms with E-state index in [2.05, 4.69) is 17.4 Å². The van der Waals surface area contributed by atoms with Gasteiger partial charge in [0.1, 0.15) is 4.88 Å². The van der Waals surface area contributed by atoms with Crippen LogP contribution in [0.15, 0.2) is 11.4 Å². The maximum atomic E-state index is 11.8. The predicted molar refractivity (Wildman–Crippen MR) is 70.0 cm³/mol. The second kappa shape index (κ2) is 5.10. The summed E-state index contributed by atoms with van der Waals surface area (Å²) in [5.74, 6) is 0.736. The van der Waals surface area contributed by atoms with Crippen LogP contribution >= 0.6 is 24.0 Å². The molecular formula is C11H13NO3S2. The van der Waals surface area contributed by atoms with Gasteiger partial charge in [-0.3, -0.25) is 4.79 Å². The SMILES string of the molecule is COC(=O)c1cc(N2CC(CS)CC2=O)cs1. The minimum absolute atomic E-state index is 0.0956. The van der Waals surface area contributed by atoms with Gasteiger partial charge in [-0.2, -0.15) is 12.6 Å². The zero-order valence-corrected chi connectivity index (χ0v) is 11.1. The van der Waals surface area contributed by atoms with Crippen LogP contribution in [-0.2, 0) is 9.53 Å². The summed E-state index contributed by atoms with van der Waals surface area (Å²) in [6.07, 6.45) is 0.535. The summed E-state index contributed by atoms with van der Waals surface area (Å²) >= 11 is 5.50. The van der Waals surface area contributed by atoms with Crippen molar-refractivity contribution in [1.29, 1.82) is 0 Å². The number of amides is 1. The van der Waals surface area contributed by atoms with Gasteiger partial charge in [0.05, 0.1) is 12.8 Å². The van der Waals surface area contributed by atoms with Crippen LogP contribution in [0.2, 0.25) is 0 Å². The molecule has 92 valence electrons. The molecule has 1 aromatic heterocycles. The van der Waals surface area contributed by atoms with Crippen molar-refractivity contribution in [2.24, 2.45) is 5.92 Å². The van der Waals surface area contributed by atoms with Crippen molar-refractivity contribution in [2.45, 2.75) is 6.42 Å². The first-order valence-corrected chi connectivity index (χ1v) is 6.75. The predicted octanol–water partition coefficient (Wildman–Crippen LogP) is 1.82. The maximum absolute atomic E-state index is 11.8. The third kappa shape index (κ3) is 2.47.